The predicted octanol–water partition coefficient (Wildman–Crippen LogP) is 0.536. The van der Waals surface area contributed by atoms with E-state index in [0.29, 0.717) is 0 Å². The molecule has 0 unspecified atom stereocenters. The standard InChI is InChI=1S/C8H13F5N2O2/c9-6(10)4-17-2-1-15-7(16)3-14-5-8(11,12)13/h6,14H,1-5H2,(H,15,16). The summed E-state index contributed by atoms with van der Waals surface area (Å²) in [6.45, 7) is -2.63. The molecule has 0 aliphatic heterocycles. The van der Waals surface area contributed by atoms with Gasteiger partial charge in [-0.15, -0.1) is 0 Å². The average Bonchev–Trinajstić information content (AvgIpc) is 2.14. The van der Waals surface area contributed by atoms with Crippen molar-refractivity contribution >= 4 is 5.91 Å². The second-order valence-electron chi connectivity index (χ2n) is 3.03. The van der Waals surface area contributed by atoms with Crippen LogP contribution in [0.15, 0.2) is 0 Å². The smallest absolute Gasteiger partial charge is 0.374 e. The van der Waals surface area contributed by atoms with Gasteiger partial charge in [0.25, 0.3) is 6.43 Å². The molecular formula is C8H13F5N2O2. The minimum atomic E-state index is -4.37. The molecule has 17 heavy (non-hydrogen) atoms. The van der Waals surface area contributed by atoms with E-state index in [1.54, 1.807) is 0 Å². The van der Waals surface area contributed by atoms with Crippen molar-refractivity contribution in [2.75, 3.05) is 32.8 Å². The maximum Gasteiger partial charge on any atom is 0.401 e. The molecule has 0 fully saturated rings. The fourth-order valence-electron chi connectivity index (χ4n) is 0.815. The largest absolute Gasteiger partial charge is 0.401 e. The van der Waals surface area contributed by atoms with Crippen LogP contribution < -0.4 is 10.6 Å². The third kappa shape index (κ3) is 13.0. The van der Waals surface area contributed by atoms with Gasteiger partial charge in [-0.3, -0.25) is 4.79 Å². The summed E-state index contributed by atoms with van der Waals surface area (Å²) in [5.41, 5.74) is 0. The van der Waals surface area contributed by atoms with Gasteiger partial charge in [0, 0.05) is 6.54 Å². The minimum Gasteiger partial charge on any atom is -0.374 e. The van der Waals surface area contributed by atoms with Gasteiger partial charge in [0.15, 0.2) is 0 Å². The van der Waals surface area contributed by atoms with Crippen molar-refractivity contribution in [3.05, 3.63) is 0 Å². The molecule has 102 valence electrons. The first-order valence-corrected chi connectivity index (χ1v) is 4.71. The van der Waals surface area contributed by atoms with Gasteiger partial charge in [-0.1, -0.05) is 0 Å². The monoisotopic (exact) mass is 264 g/mol. The lowest BCUT2D eigenvalue weighted by atomic mass is 10.5. The lowest BCUT2D eigenvalue weighted by Crippen LogP contribution is -2.39. The molecule has 0 saturated carbocycles. The van der Waals surface area contributed by atoms with E-state index in [4.69, 9.17) is 0 Å². The van der Waals surface area contributed by atoms with Crippen molar-refractivity contribution in [2.45, 2.75) is 12.6 Å². The highest BCUT2D eigenvalue weighted by atomic mass is 19.4. The summed E-state index contributed by atoms with van der Waals surface area (Å²) < 4.78 is 62.5. The second kappa shape index (κ2) is 8.18. The summed E-state index contributed by atoms with van der Waals surface area (Å²) in [5.74, 6) is -0.658. The Balaban J connectivity index is 3.35. The van der Waals surface area contributed by atoms with Gasteiger partial charge in [-0.25, -0.2) is 8.78 Å². The third-order valence-electron chi connectivity index (χ3n) is 1.42. The Bertz CT molecular complexity index is 222. The lowest BCUT2D eigenvalue weighted by Gasteiger charge is -2.09. The molecule has 1 amide bonds. The first-order valence-electron chi connectivity index (χ1n) is 4.71. The van der Waals surface area contributed by atoms with E-state index in [9.17, 15) is 26.7 Å². The normalized spacial score (nSPS) is 11.9. The molecule has 0 atom stereocenters. The Kier molecular flexibility index (Phi) is 7.72. The summed E-state index contributed by atoms with van der Waals surface area (Å²) in [6, 6.07) is 0. The van der Waals surface area contributed by atoms with Crippen LogP contribution in [0.1, 0.15) is 0 Å². The Morgan fingerprint density at radius 3 is 2.47 bits per heavy atom. The number of carbonyl (C=O) groups excluding carboxylic acids is 1. The number of carbonyl (C=O) groups is 1. The second-order valence-corrected chi connectivity index (χ2v) is 3.03. The van der Waals surface area contributed by atoms with Gasteiger partial charge in [0.05, 0.1) is 19.7 Å². The Labute approximate surface area is 94.5 Å². The van der Waals surface area contributed by atoms with Crippen molar-refractivity contribution in [2.24, 2.45) is 0 Å². The number of amides is 1. The minimum absolute atomic E-state index is 0.0285. The highest BCUT2D eigenvalue weighted by Gasteiger charge is 2.26. The number of nitrogens with one attached hydrogen (secondary N) is 2. The summed E-state index contributed by atoms with van der Waals surface area (Å²) >= 11 is 0. The van der Waals surface area contributed by atoms with Crippen molar-refractivity contribution < 1.29 is 31.5 Å². The fraction of sp³-hybridized carbons (Fsp3) is 0.875. The van der Waals surface area contributed by atoms with Crippen LogP contribution >= 0.6 is 0 Å². The van der Waals surface area contributed by atoms with Gasteiger partial charge in [0.2, 0.25) is 5.91 Å². The molecule has 0 radical (unpaired) electrons. The van der Waals surface area contributed by atoms with Gasteiger partial charge < -0.3 is 15.4 Å². The van der Waals surface area contributed by atoms with Crippen LogP contribution in [-0.2, 0) is 9.53 Å². The van der Waals surface area contributed by atoms with Crippen LogP contribution in [0.25, 0.3) is 0 Å². The van der Waals surface area contributed by atoms with E-state index < -0.39 is 38.2 Å². The molecular weight excluding hydrogens is 251 g/mol. The van der Waals surface area contributed by atoms with Crippen LogP contribution in [-0.4, -0.2) is 51.4 Å². The van der Waals surface area contributed by atoms with Crippen molar-refractivity contribution in [3.63, 3.8) is 0 Å². The SMILES string of the molecule is O=C(CNCC(F)(F)F)NCCOCC(F)F. The number of alkyl halides is 5. The Morgan fingerprint density at radius 2 is 1.94 bits per heavy atom. The van der Waals surface area contributed by atoms with Crippen LogP contribution in [0.3, 0.4) is 0 Å². The molecule has 2 N–H and O–H groups in total. The zero-order valence-electron chi connectivity index (χ0n) is 8.82. The number of hydrogen-bond acceptors (Lipinski definition) is 3. The van der Waals surface area contributed by atoms with Gasteiger partial charge in [0.1, 0.15) is 6.61 Å². The molecule has 0 aliphatic rings. The number of rotatable bonds is 8. The summed E-state index contributed by atoms with van der Waals surface area (Å²) in [7, 11) is 0. The van der Waals surface area contributed by atoms with Gasteiger partial charge in [-0.05, 0) is 0 Å². The molecule has 0 saturated heterocycles. The van der Waals surface area contributed by atoms with E-state index in [1.807, 2.05) is 5.32 Å². The fourth-order valence-corrected chi connectivity index (χ4v) is 0.815. The number of hydrogen-bond donors (Lipinski definition) is 2. The maximum absolute atomic E-state index is 11.6. The van der Waals surface area contributed by atoms with Crippen LogP contribution in [0, 0.1) is 0 Å². The molecule has 0 aliphatic carbocycles. The van der Waals surface area contributed by atoms with E-state index in [1.165, 1.54) is 0 Å². The van der Waals surface area contributed by atoms with Crippen molar-refractivity contribution in [3.8, 4) is 0 Å². The zero-order chi connectivity index (χ0) is 13.3. The van der Waals surface area contributed by atoms with E-state index in [2.05, 4.69) is 10.1 Å². The van der Waals surface area contributed by atoms with E-state index in [-0.39, 0.29) is 13.2 Å². The molecule has 0 spiro atoms. The molecule has 0 aromatic carbocycles. The molecule has 0 aromatic heterocycles. The van der Waals surface area contributed by atoms with Crippen LogP contribution in [0.2, 0.25) is 0 Å². The molecule has 0 rings (SSSR count). The first kappa shape index (κ1) is 16.0. The van der Waals surface area contributed by atoms with E-state index >= 15 is 0 Å². The first-order chi connectivity index (χ1) is 7.81. The summed E-state index contributed by atoms with van der Waals surface area (Å²) in [6.07, 6.45) is -6.96. The summed E-state index contributed by atoms with van der Waals surface area (Å²) in [4.78, 5) is 10.9. The van der Waals surface area contributed by atoms with Crippen molar-refractivity contribution in [1.82, 2.24) is 10.6 Å². The Hall–Kier alpha value is -0.960. The number of halogens is 5. The third-order valence-corrected chi connectivity index (χ3v) is 1.42. The molecule has 0 aromatic rings. The zero-order valence-corrected chi connectivity index (χ0v) is 8.82. The quantitative estimate of drug-likeness (QED) is 0.497. The predicted molar refractivity (Wildman–Crippen MR) is 48.8 cm³/mol. The summed E-state index contributed by atoms with van der Waals surface area (Å²) in [5, 5.41) is 4.09. The highest BCUT2D eigenvalue weighted by Crippen LogP contribution is 2.11. The topological polar surface area (TPSA) is 50.4 Å². The molecule has 4 nitrogen and oxygen atoms in total. The highest BCUT2D eigenvalue weighted by molar-refractivity contribution is 5.77. The van der Waals surface area contributed by atoms with Gasteiger partial charge >= 0.3 is 6.18 Å². The molecule has 9 heteroatoms. The van der Waals surface area contributed by atoms with Gasteiger partial charge in [-0.2, -0.15) is 13.2 Å². The lowest BCUT2D eigenvalue weighted by molar-refractivity contribution is -0.128. The van der Waals surface area contributed by atoms with Crippen LogP contribution in [0.4, 0.5) is 22.0 Å². The molecule has 0 heterocycles. The number of ether oxygens (including phenoxy) is 1. The molecule has 0 bridgehead atoms. The van der Waals surface area contributed by atoms with E-state index in [0.717, 1.165) is 0 Å². The average molecular weight is 264 g/mol. The van der Waals surface area contributed by atoms with Crippen LogP contribution in [0.5, 0.6) is 0 Å². The Morgan fingerprint density at radius 1 is 1.29 bits per heavy atom. The van der Waals surface area contributed by atoms with Crippen molar-refractivity contribution in [1.29, 1.82) is 0 Å². The maximum atomic E-state index is 11.6.